The predicted octanol–water partition coefficient (Wildman–Crippen LogP) is 2.37. The monoisotopic (exact) mass is 322 g/mol. The average Bonchev–Trinajstić information content (AvgIpc) is 2.92. The number of nitrogens with zero attached hydrogens (tertiary/aromatic N) is 3. The summed E-state index contributed by atoms with van der Waals surface area (Å²) in [5.74, 6) is 0.135. The molecule has 1 amide bonds. The number of carbonyl (C=O) groups excluding carboxylic acids is 1. The maximum absolute atomic E-state index is 11.4. The number of hydrogen-bond donors (Lipinski definition) is 1. The van der Waals surface area contributed by atoms with Gasteiger partial charge in [-0.3, -0.25) is 9.69 Å². The van der Waals surface area contributed by atoms with Gasteiger partial charge in [-0.2, -0.15) is 5.26 Å². The van der Waals surface area contributed by atoms with Crippen molar-refractivity contribution in [2.75, 3.05) is 19.6 Å². The smallest absolute Gasteiger partial charge is 0.221 e. The Balaban J connectivity index is 1.78. The number of aromatic nitrogens is 1. The van der Waals surface area contributed by atoms with Crippen molar-refractivity contribution in [2.45, 2.75) is 26.4 Å². The molecule has 1 fully saturated rings. The van der Waals surface area contributed by atoms with E-state index in [4.69, 9.17) is 0 Å². The number of benzene rings is 1. The molecule has 24 heavy (non-hydrogen) atoms. The van der Waals surface area contributed by atoms with Gasteiger partial charge >= 0.3 is 0 Å². The van der Waals surface area contributed by atoms with Gasteiger partial charge in [0.25, 0.3) is 0 Å². The highest BCUT2D eigenvalue weighted by Gasteiger charge is 2.14. The molecule has 0 aliphatic carbocycles. The molecule has 1 saturated heterocycles. The standard InChI is InChI=1S/C19H22N4O/c1-2-23-14-17(11-18(23)12-20)16-5-3-4-15(10-16)13-22-8-6-19(24)21-7-9-22/h3-5,10-11,14H,2,6-9,13H2,1H3,(H,21,24). The van der Waals surface area contributed by atoms with E-state index in [9.17, 15) is 10.1 Å². The summed E-state index contributed by atoms with van der Waals surface area (Å²) < 4.78 is 1.97. The van der Waals surface area contributed by atoms with Gasteiger partial charge in [-0.25, -0.2) is 0 Å². The number of nitrogens with one attached hydrogen (secondary N) is 1. The minimum absolute atomic E-state index is 0.135. The second kappa shape index (κ2) is 7.33. The number of rotatable bonds is 4. The Morgan fingerprint density at radius 1 is 1.25 bits per heavy atom. The molecule has 0 radical (unpaired) electrons. The third-order valence-electron chi connectivity index (χ3n) is 4.42. The zero-order chi connectivity index (χ0) is 16.9. The Bertz CT molecular complexity index is 772. The molecule has 3 rings (SSSR count). The van der Waals surface area contributed by atoms with Gasteiger partial charge in [0.1, 0.15) is 11.8 Å². The van der Waals surface area contributed by atoms with Crippen LogP contribution in [0.4, 0.5) is 0 Å². The lowest BCUT2D eigenvalue weighted by Crippen LogP contribution is -2.28. The van der Waals surface area contributed by atoms with Crippen LogP contribution in [0.1, 0.15) is 24.6 Å². The van der Waals surface area contributed by atoms with Crippen LogP contribution in [0.2, 0.25) is 0 Å². The lowest BCUT2D eigenvalue weighted by molar-refractivity contribution is -0.120. The first-order valence-electron chi connectivity index (χ1n) is 8.38. The SMILES string of the molecule is CCn1cc(-c2cccc(CN3CCNC(=O)CC3)c2)cc1C#N. The number of nitriles is 1. The highest BCUT2D eigenvalue weighted by molar-refractivity contribution is 5.76. The van der Waals surface area contributed by atoms with Gasteiger partial charge in [0.15, 0.2) is 0 Å². The van der Waals surface area contributed by atoms with Crippen molar-refractivity contribution in [2.24, 2.45) is 0 Å². The normalized spacial score (nSPS) is 15.6. The van der Waals surface area contributed by atoms with Crippen molar-refractivity contribution in [3.05, 3.63) is 47.8 Å². The van der Waals surface area contributed by atoms with E-state index >= 15 is 0 Å². The molecule has 1 aromatic heterocycles. The third kappa shape index (κ3) is 3.66. The highest BCUT2D eigenvalue weighted by Crippen LogP contribution is 2.24. The van der Waals surface area contributed by atoms with Gasteiger partial charge in [-0.1, -0.05) is 18.2 Å². The van der Waals surface area contributed by atoms with Crippen molar-refractivity contribution in [1.29, 1.82) is 5.26 Å². The van der Waals surface area contributed by atoms with E-state index in [-0.39, 0.29) is 5.91 Å². The molecule has 0 saturated carbocycles. The first kappa shape index (κ1) is 16.3. The first-order valence-corrected chi connectivity index (χ1v) is 8.38. The minimum Gasteiger partial charge on any atom is -0.355 e. The zero-order valence-electron chi connectivity index (χ0n) is 14.0. The van der Waals surface area contributed by atoms with Crippen molar-refractivity contribution in [3.8, 4) is 17.2 Å². The van der Waals surface area contributed by atoms with Gasteiger partial charge < -0.3 is 9.88 Å². The summed E-state index contributed by atoms with van der Waals surface area (Å²) in [7, 11) is 0. The van der Waals surface area contributed by atoms with Gasteiger partial charge in [-0.15, -0.1) is 0 Å². The molecule has 0 atom stereocenters. The van der Waals surface area contributed by atoms with E-state index in [0.717, 1.165) is 37.3 Å². The number of carbonyl (C=O) groups is 1. The summed E-state index contributed by atoms with van der Waals surface area (Å²) in [4.78, 5) is 13.7. The minimum atomic E-state index is 0.135. The Hall–Kier alpha value is -2.58. The fourth-order valence-corrected chi connectivity index (χ4v) is 3.10. The van der Waals surface area contributed by atoms with Crippen LogP contribution in [-0.4, -0.2) is 35.0 Å². The van der Waals surface area contributed by atoms with Crippen molar-refractivity contribution in [3.63, 3.8) is 0 Å². The molecule has 1 aromatic carbocycles. The van der Waals surface area contributed by atoms with Crippen molar-refractivity contribution >= 4 is 5.91 Å². The quantitative estimate of drug-likeness (QED) is 0.940. The van der Waals surface area contributed by atoms with Crippen LogP contribution in [-0.2, 0) is 17.9 Å². The van der Waals surface area contributed by atoms with E-state index < -0.39 is 0 Å². The Morgan fingerprint density at radius 2 is 2.12 bits per heavy atom. The third-order valence-corrected chi connectivity index (χ3v) is 4.42. The van der Waals surface area contributed by atoms with Crippen LogP contribution in [0.5, 0.6) is 0 Å². The highest BCUT2D eigenvalue weighted by atomic mass is 16.1. The maximum atomic E-state index is 11.4. The van der Waals surface area contributed by atoms with Crippen LogP contribution in [0.15, 0.2) is 36.5 Å². The van der Waals surface area contributed by atoms with Crippen LogP contribution in [0, 0.1) is 11.3 Å². The van der Waals surface area contributed by atoms with E-state index in [1.165, 1.54) is 5.56 Å². The molecule has 0 spiro atoms. The van der Waals surface area contributed by atoms with E-state index in [1.807, 2.05) is 23.8 Å². The first-order chi connectivity index (χ1) is 11.7. The largest absolute Gasteiger partial charge is 0.355 e. The van der Waals surface area contributed by atoms with Crippen molar-refractivity contribution < 1.29 is 4.79 Å². The number of aryl methyl sites for hydroxylation is 1. The molecular weight excluding hydrogens is 300 g/mol. The topological polar surface area (TPSA) is 61.1 Å². The molecule has 5 nitrogen and oxygen atoms in total. The van der Waals surface area contributed by atoms with Gasteiger partial charge in [0, 0.05) is 50.9 Å². The van der Waals surface area contributed by atoms with Crippen LogP contribution in [0.3, 0.4) is 0 Å². The summed E-state index contributed by atoms with van der Waals surface area (Å²) >= 11 is 0. The molecule has 2 heterocycles. The summed E-state index contributed by atoms with van der Waals surface area (Å²) in [5, 5.41) is 12.1. The molecule has 1 N–H and O–H groups in total. The average molecular weight is 322 g/mol. The molecule has 0 unspecified atom stereocenters. The summed E-state index contributed by atoms with van der Waals surface area (Å²) in [6, 6.07) is 12.6. The number of hydrogen-bond acceptors (Lipinski definition) is 3. The molecule has 0 bridgehead atoms. The Morgan fingerprint density at radius 3 is 2.88 bits per heavy atom. The van der Waals surface area contributed by atoms with Crippen LogP contribution in [0.25, 0.3) is 11.1 Å². The zero-order valence-corrected chi connectivity index (χ0v) is 14.0. The van der Waals surface area contributed by atoms with Gasteiger partial charge in [-0.05, 0) is 30.2 Å². The van der Waals surface area contributed by atoms with Crippen LogP contribution >= 0.6 is 0 Å². The fraction of sp³-hybridized carbons (Fsp3) is 0.368. The Kier molecular flexibility index (Phi) is 4.97. The second-order valence-corrected chi connectivity index (χ2v) is 6.09. The molecule has 124 valence electrons. The lowest BCUT2D eigenvalue weighted by atomic mass is 10.1. The van der Waals surface area contributed by atoms with E-state index in [0.29, 0.717) is 18.7 Å². The van der Waals surface area contributed by atoms with Gasteiger partial charge in [0.05, 0.1) is 0 Å². The number of amides is 1. The van der Waals surface area contributed by atoms with E-state index in [1.54, 1.807) is 0 Å². The summed E-state index contributed by atoms with van der Waals surface area (Å²) in [5.41, 5.74) is 4.11. The van der Waals surface area contributed by atoms with Gasteiger partial charge in [0.2, 0.25) is 5.91 Å². The van der Waals surface area contributed by atoms with Crippen LogP contribution < -0.4 is 5.32 Å². The lowest BCUT2D eigenvalue weighted by Gasteiger charge is -2.19. The maximum Gasteiger partial charge on any atom is 0.221 e. The predicted molar refractivity (Wildman–Crippen MR) is 93.2 cm³/mol. The van der Waals surface area contributed by atoms with E-state index in [2.05, 4.69) is 40.6 Å². The molecular formula is C19H22N4O. The Labute approximate surface area is 142 Å². The molecule has 2 aromatic rings. The molecule has 1 aliphatic rings. The summed E-state index contributed by atoms with van der Waals surface area (Å²) in [6.45, 7) is 6.04. The summed E-state index contributed by atoms with van der Waals surface area (Å²) in [6.07, 6.45) is 2.59. The van der Waals surface area contributed by atoms with Crippen molar-refractivity contribution in [1.82, 2.24) is 14.8 Å². The second-order valence-electron chi connectivity index (χ2n) is 6.09. The molecule has 5 heteroatoms. The molecule has 1 aliphatic heterocycles. The fourth-order valence-electron chi connectivity index (χ4n) is 3.10.